The zero-order valence-electron chi connectivity index (χ0n) is 10.8. The van der Waals surface area contributed by atoms with E-state index in [1.54, 1.807) is 20.4 Å². The molecule has 1 heterocycles. The highest BCUT2D eigenvalue weighted by atomic mass is 79.9. The molecule has 1 aromatic carbocycles. The number of methoxy groups -OCH3 is 2. The zero-order valence-corrected chi connectivity index (χ0v) is 12.3. The molecule has 1 unspecified atom stereocenters. The first-order valence-electron chi connectivity index (χ1n) is 5.75. The summed E-state index contributed by atoms with van der Waals surface area (Å²) in [6.45, 7) is 0. The summed E-state index contributed by atoms with van der Waals surface area (Å²) in [5.74, 6) is 1.33. The molecular weight excluding hydrogens is 308 g/mol. The Morgan fingerprint density at radius 3 is 2.53 bits per heavy atom. The summed E-state index contributed by atoms with van der Waals surface area (Å²) in [6, 6.07) is 9.07. The van der Waals surface area contributed by atoms with Crippen molar-refractivity contribution in [2.24, 2.45) is 5.73 Å². The van der Waals surface area contributed by atoms with E-state index in [0.717, 1.165) is 15.7 Å². The number of rotatable bonds is 4. The summed E-state index contributed by atoms with van der Waals surface area (Å²) in [5.41, 5.74) is 7.94. The van der Waals surface area contributed by atoms with Crippen LogP contribution in [-0.4, -0.2) is 19.2 Å². The first kappa shape index (κ1) is 13.8. The van der Waals surface area contributed by atoms with Gasteiger partial charge in [-0.2, -0.15) is 0 Å². The van der Waals surface area contributed by atoms with Crippen LogP contribution in [0.1, 0.15) is 17.3 Å². The van der Waals surface area contributed by atoms with Crippen molar-refractivity contribution in [1.29, 1.82) is 0 Å². The molecule has 2 rings (SSSR count). The lowest BCUT2D eigenvalue weighted by atomic mass is 10.0. The fourth-order valence-electron chi connectivity index (χ4n) is 1.83. The lowest BCUT2D eigenvalue weighted by Gasteiger charge is -2.15. The molecule has 0 saturated carbocycles. The van der Waals surface area contributed by atoms with Crippen LogP contribution < -0.4 is 15.2 Å². The van der Waals surface area contributed by atoms with E-state index in [-0.39, 0.29) is 6.04 Å². The van der Waals surface area contributed by atoms with Crippen LogP contribution in [0.4, 0.5) is 0 Å². The van der Waals surface area contributed by atoms with E-state index >= 15 is 0 Å². The summed E-state index contributed by atoms with van der Waals surface area (Å²) in [4.78, 5) is 4.31. The van der Waals surface area contributed by atoms with Crippen LogP contribution in [0.15, 0.2) is 41.0 Å². The van der Waals surface area contributed by atoms with Gasteiger partial charge in [0.1, 0.15) is 0 Å². The quantitative estimate of drug-likeness (QED) is 0.940. The van der Waals surface area contributed by atoms with Crippen LogP contribution >= 0.6 is 15.9 Å². The highest BCUT2D eigenvalue weighted by Gasteiger charge is 2.15. The van der Waals surface area contributed by atoms with E-state index in [9.17, 15) is 0 Å². The van der Waals surface area contributed by atoms with Crippen molar-refractivity contribution in [1.82, 2.24) is 4.98 Å². The first-order chi connectivity index (χ1) is 9.17. The van der Waals surface area contributed by atoms with E-state index in [0.29, 0.717) is 11.5 Å². The van der Waals surface area contributed by atoms with Crippen molar-refractivity contribution >= 4 is 15.9 Å². The fraction of sp³-hybridized carbons (Fsp3) is 0.214. The van der Waals surface area contributed by atoms with Crippen molar-refractivity contribution in [3.63, 3.8) is 0 Å². The van der Waals surface area contributed by atoms with Gasteiger partial charge in [-0.05, 0) is 45.8 Å². The maximum Gasteiger partial charge on any atom is 0.161 e. The molecule has 0 aliphatic heterocycles. The molecular formula is C14H15BrN2O2. The maximum atomic E-state index is 6.24. The normalized spacial score (nSPS) is 12.0. The van der Waals surface area contributed by atoms with Gasteiger partial charge in [0.2, 0.25) is 0 Å². The number of ether oxygens (including phenoxy) is 2. The highest BCUT2D eigenvalue weighted by Crippen LogP contribution is 2.32. The van der Waals surface area contributed by atoms with Crippen LogP contribution in [0.2, 0.25) is 0 Å². The first-order valence-corrected chi connectivity index (χ1v) is 6.54. The van der Waals surface area contributed by atoms with E-state index in [4.69, 9.17) is 15.2 Å². The minimum Gasteiger partial charge on any atom is -0.493 e. The molecule has 0 aliphatic carbocycles. The number of hydrogen-bond donors (Lipinski definition) is 1. The maximum absolute atomic E-state index is 6.24. The standard InChI is InChI=1S/C14H15BrN2O2/c1-18-11-6-5-9(8-12(11)19-2)13(16)14-10(15)4-3-7-17-14/h3-8,13H,16H2,1-2H3. The van der Waals surface area contributed by atoms with E-state index in [1.807, 2.05) is 30.3 Å². The van der Waals surface area contributed by atoms with Gasteiger partial charge in [0.15, 0.2) is 11.5 Å². The van der Waals surface area contributed by atoms with E-state index in [1.165, 1.54) is 0 Å². The van der Waals surface area contributed by atoms with Gasteiger partial charge in [0.25, 0.3) is 0 Å². The predicted octanol–water partition coefficient (Wildman–Crippen LogP) is 2.91. The number of nitrogens with zero attached hydrogens (tertiary/aromatic N) is 1. The van der Waals surface area contributed by atoms with Gasteiger partial charge in [-0.25, -0.2) is 0 Å². The van der Waals surface area contributed by atoms with Crippen molar-refractivity contribution in [2.45, 2.75) is 6.04 Å². The molecule has 2 N–H and O–H groups in total. The van der Waals surface area contributed by atoms with Gasteiger partial charge in [-0.15, -0.1) is 0 Å². The Kier molecular flexibility index (Phi) is 4.39. The molecule has 0 saturated heterocycles. The van der Waals surface area contributed by atoms with Gasteiger partial charge in [0, 0.05) is 10.7 Å². The third kappa shape index (κ3) is 2.88. The van der Waals surface area contributed by atoms with Crippen molar-refractivity contribution in [2.75, 3.05) is 14.2 Å². The fourth-order valence-corrected chi connectivity index (χ4v) is 2.33. The number of hydrogen-bond acceptors (Lipinski definition) is 4. The molecule has 19 heavy (non-hydrogen) atoms. The van der Waals surface area contributed by atoms with Crippen molar-refractivity contribution in [3.8, 4) is 11.5 Å². The molecule has 0 radical (unpaired) electrons. The molecule has 4 nitrogen and oxygen atoms in total. The number of benzene rings is 1. The third-order valence-corrected chi connectivity index (χ3v) is 3.52. The Balaban J connectivity index is 2.39. The molecule has 0 spiro atoms. The highest BCUT2D eigenvalue weighted by molar-refractivity contribution is 9.10. The summed E-state index contributed by atoms with van der Waals surface area (Å²) in [6.07, 6.45) is 1.72. The number of aromatic nitrogens is 1. The smallest absolute Gasteiger partial charge is 0.161 e. The second-order valence-electron chi connectivity index (χ2n) is 3.96. The van der Waals surface area contributed by atoms with Crippen molar-refractivity contribution in [3.05, 3.63) is 52.3 Å². The average Bonchev–Trinajstić information content (AvgIpc) is 2.46. The van der Waals surface area contributed by atoms with Crippen LogP contribution in [0.3, 0.4) is 0 Å². The Bertz CT molecular complexity index is 575. The van der Waals surface area contributed by atoms with Crippen LogP contribution in [0, 0.1) is 0 Å². The van der Waals surface area contributed by atoms with Crippen LogP contribution in [0.5, 0.6) is 11.5 Å². The minimum atomic E-state index is -0.324. The summed E-state index contributed by atoms with van der Waals surface area (Å²) in [7, 11) is 3.20. The largest absolute Gasteiger partial charge is 0.493 e. The van der Waals surface area contributed by atoms with Crippen molar-refractivity contribution < 1.29 is 9.47 Å². The minimum absolute atomic E-state index is 0.324. The molecule has 0 bridgehead atoms. The second kappa shape index (κ2) is 6.04. The molecule has 1 atom stereocenters. The molecule has 0 aliphatic rings. The SMILES string of the molecule is COc1ccc(C(N)c2ncccc2Br)cc1OC. The lowest BCUT2D eigenvalue weighted by molar-refractivity contribution is 0.354. The Morgan fingerprint density at radius 1 is 1.16 bits per heavy atom. The van der Waals surface area contributed by atoms with Crippen LogP contribution in [-0.2, 0) is 0 Å². The molecule has 5 heteroatoms. The van der Waals surface area contributed by atoms with Gasteiger partial charge < -0.3 is 15.2 Å². The molecule has 2 aromatic rings. The summed E-state index contributed by atoms with van der Waals surface area (Å²) in [5, 5.41) is 0. The number of halogens is 1. The number of pyridine rings is 1. The average molecular weight is 323 g/mol. The summed E-state index contributed by atoms with van der Waals surface area (Å²) >= 11 is 3.46. The Labute approximate surface area is 120 Å². The third-order valence-electron chi connectivity index (χ3n) is 2.85. The summed E-state index contributed by atoms with van der Waals surface area (Å²) < 4.78 is 11.4. The van der Waals surface area contributed by atoms with Gasteiger partial charge in [0.05, 0.1) is 26.0 Å². The second-order valence-corrected chi connectivity index (χ2v) is 4.82. The number of nitrogens with two attached hydrogens (primary N) is 1. The molecule has 0 amide bonds. The molecule has 0 fully saturated rings. The lowest BCUT2D eigenvalue weighted by Crippen LogP contribution is -2.14. The predicted molar refractivity (Wildman–Crippen MR) is 77.5 cm³/mol. The Morgan fingerprint density at radius 2 is 1.89 bits per heavy atom. The van der Waals surface area contributed by atoms with Crippen LogP contribution in [0.25, 0.3) is 0 Å². The Hall–Kier alpha value is -1.59. The molecule has 100 valence electrons. The monoisotopic (exact) mass is 322 g/mol. The molecule has 1 aromatic heterocycles. The zero-order chi connectivity index (χ0) is 13.8. The topological polar surface area (TPSA) is 57.4 Å². The van der Waals surface area contributed by atoms with Gasteiger partial charge >= 0.3 is 0 Å². The van der Waals surface area contributed by atoms with E-state index < -0.39 is 0 Å². The van der Waals surface area contributed by atoms with Gasteiger partial charge in [-0.1, -0.05) is 6.07 Å². The van der Waals surface area contributed by atoms with E-state index in [2.05, 4.69) is 20.9 Å². The van der Waals surface area contributed by atoms with Gasteiger partial charge in [-0.3, -0.25) is 4.98 Å².